The number of carbonyl (C=O) groups excluding carboxylic acids is 1. The first-order valence-electron chi connectivity index (χ1n) is 10.8. The van der Waals surface area contributed by atoms with Crippen molar-refractivity contribution in [3.05, 3.63) is 42.0 Å². The van der Waals surface area contributed by atoms with Crippen molar-refractivity contribution in [2.45, 2.75) is 29.8 Å². The summed E-state index contributed by atoms with van der Waals surface area (Å²) in [6, 6.07) is 9.48. The van der Waals surface area contributed by atoms with Crippen LogP contribution in [-0.2, 0) is 19.6 Å². The van der Waals surface area contributed by atoms with E-state index in [0.717, 1.165) is 12.8 Å². The lowest BCUT2D eigenvalue weighted by Crippen LogP contribution is -2.37. The van der Waals surface area contributed by atoms with E-state index in [1.807, 2.05) is 0 Å². The molecule has 2 aromatic carbocycles. The number of methoxy groups -OCH3 is 3. The topological polar surface area (TPSA) is 138 Å². The molecule has 0 aliphatic carbocycles. The van der Waals surface area contributed by atoms with Crippen LogP contribution in [0.5, 0.6) is 17.2 Å². The van der Waals surface area contributed by atoms with Gasteiger partial charge in [0, 0.05) is 25.4 Å². The molecule has 0 saturated carbocycles. The molecule has 0 bridgehead atoms. The molecular formula is C23H31N3O7S. The summed E-state index contributed by atoms with van der Waals surface area (Å²) in [5.74, 6) is 0.489. The molecule has 2 aromatic rings. The SMILES string of the molecule is COc1cc(C(CNc2ccc(S(N)(=O)=O)cc2)C(=O)NCC2CCCO2)cc(OC)c1OC. The maximum absolute atomic E-state index is 13.2. The van der Waals surface area contributed by atoms with E-state index in [1.165, 1.54) is 33.5 Å². The van der Waals surface area contributed by atoms with Crippen LogP contribution in [0.1, 0.15) is 24.3 Å². The van der Waals surface area contributed by atoms with Crippen LogP contribution in [0.25, 0.3) is 0 Å². The molecule has 34 heavy (non-hydrogen) atoms. The second kappa shape index (κ2) is 11.4. The van der Waals surface area contributed by atoms with Crippen molar-refractivity contribution in [3.8, 4) is 17.2 Å². The zero-order chi connectivity index (χ0) is 24.7. The first-order chi connectivity index (χ1) is 16.3. The Balaban J connectivity index is 1.85. The number of anilines is 1. The Bertz CT molecular complexity index is 1060. The smallest absolute Gasteiger partial charge is 0.238 e. The number of nitrogens with two attached hydrogens (primary N) is 1. The molecule has 1 saturated heterocycles. The molecule has 0 spiro atoms. The number of hydrogen-bond acceptors (Lipinski definition) is 8. The van der Waals surface area contributed by atoms with E-state index in [2.05, 4.69) is 10.6 Å². The Morgan fingerprint density at radius 3 is 2.26 bits per heavy atom. The second-order valence-corrected chi connectivity index (χ2v) is 9.40. The molecule has 1 aliphatic heterocycles. The van der Waals surface area contributed by atoms with E-state index in [9.17, 15) is 13.2 Å². The summed E-state index contributed by atoms with van der Waals surface area (Å²) < 4.78 is 44.9. The van der Waals surface area contributed by atoms with Gasteiger partial charge in [0.15, 0.2) is 11.5 Å². The van der Waals surface area contributed by atoms with Gasteiger partial charge in [-0.2, -0.15) is 0 Å². The van der Waals surface area contributed by atoms with Crippen molar-refractivity contribution in [1.29, 1.82) is 0 Å². The molecule has 1 aliphatic rings. The fraction of sp³-hybridized carbons (Fsp3) is 0.435. The van der Waals surface area contributed by atoms with Crippen LogP contribution < -0.4 is 30.0 Å². The summed E-state index contributed by atoms with van der Waals surface area (Å²) in [7, 11) is 0.750. The van der Waals surface area contributed by atoms with Gasteiger partial charge in [-0.05, 0) is 54.8 Å². The molecular weight excluding hydrogens is 462 g/mol. The molecule has 1 heterocycles. The summed E-state index contributed by atoms with van der Waals surface area (Å²) >= 11 is 0. The Morgan fingerprint density at radius 1 is 1.12 bits per heavy atom. The summed E-state index contributed by atoms with van der Waals surface area (Å²) in [6.45, 7) is 1.35. The summed E-state index contributed by atoms with van der Waals surface area (Å²) in [4.78, 5) is 13.3. The van der Waals surface area contributed by atoms with Crippen molar-refractivity contribution >= 4 is 21.6 Å². The maximum Gasteiger partial charge on any atom is 0.238 e. The van der Waals surface area contributed by atoms with E-state index in [0.29, 0.717) is 41.7 Å². The van der Waals surface area contributed by atoms with Crippen LogP contribution in [0.4, 0.5) is 5.69 Å². The Hall–Kier alpha value is -3.02. The first kappa shape index (κ1) is 25.6. The molecule has 3 rings (SSSR count). The van der Waals surface area contributed by atoms with Gasteiger partial charge in [-0.25, -0.2) is 13.6 Å². The summed E-state index contributed by atoms with van der Waals surface area (Å²) in [5.41, 5.74) is 1.30. The van der Waals surface area contributed by atoms with Gasteiger partial charge < -0.3 is 29.6 Å². The van der Waals surface area contributed by atoms with Crippen molar-refractivity contribution in [2.75, 3.05) is 46.3 Å². The van der Waals surface area contributed by atoms with Gasteiger partial charge in [-0.15, -0.1) is 0 Å². The van der Waals surface area contributed by atoms with Gasteiger partial charge in [-0.3, -0.25) is 4.79 Å². The van der Waals surface area contributed by atoms with Gasteiger partial charge in [0.25, 0.3) is 0 Å². The number of rotatable bonds is 11. The zero-order valence-electron chi connectivity index (χ0n) is 19.5. The van der Waals surface area contributed by atoms with Crippen LogP contribution in [-0.4, -0.2) is 61.5 Å². The van der Waals surface area contributed by atoms with Gasteiger partial charge in [0.2, 0.25) is 21.7 Å². The number of sulfonamides is 1. The van der Waals surface area contributed by atoms with Crippen molar-refractivity contribution in [1.82, 2.24) is 5.32 Å². The fourth-order valence-electron chi connectivity index (χ4n) is 3.79. The predicted octanol–water partition coefficient (Wildman–Crippen LogP) is 1.85. The van der Waals surface area contributed by atoms with Gasteiger partial charge in [0.05, 0.1) is 38.2 Å². The number of carbonyl (C=O) groups is 1. The van der Waals surface area contributed by atoms with Crippen molar-refractivity contribution in [3.63, 3.8) is 0 Å². The normalized spacial score (nSPS) is 16.5. The second-order valence-electron chi connectivity index (χ2n) is 7.84. The van der Waals surface area contributed by atoms with Crippen LogP contribution in [0.3, 0.4) is 0 Å². The van der Waals surface area contributed by atoms with E-state index in [-0.39, 0.29) is 23.5 Å². The monoisotopic (exact) mass is 493 g/mol. The van der Waals surface area contributed by atoms with Crippen LogP contribution in [0.15, 0.2) is 41.3 Å². The number of nitrogens with one attached hydrogen (secondary N) is 2. The molecule has 4 N–H and O–H groups in total. The number of benzene rings is 2. The van der Waals surface area contributed by atoms with Gasteiger partial charge in [-0.1, -0.05) is 0 Å². The largest absolute Gasteiger partial charge is 0.493 e. The lowest BCUT2D eigenvalue weighted by molar-refractivity contribution is -0.122. The van der Waals surface area contributed by atoms with Crippen LogP contribution in [0, 0.1) is 0 Å². The highest BCUT2D eigenvalue weighted by Gasteiger charge is 2.26. The minimum atomic E-state index is -3.79. The third kappa shape index (κ3) is 6.31. The molecule has 0 aromatic heterocycles. The van der Waals surface area contributed by atoms with Crippen LogP contribution in [0.2, 0.25) is 0 Å². The Morgan fingerprint density at radius 2 is 1.76 bits per heavy atom. The summed E-state index contributed by atoms with van der Waals surface area (Å²) in [5, 5.41) is 11.3. The predicted molar refractivity (Wildman–Crippen MR) is 127 cm³/mol. The van der Waals surface area contributed by atoms with E-state index in [1.54, 1.807) is 24.3 Å². The quantitative estimate of drug-likeness (QED) is 0.431. The van der Waals surface area contributed by atoms with Crippen LogP contribution >= 0.6 is 0 Å². The van der Waals surface area contributed by atoms with Gasteiger partial charge >= 0.3 is 0 Å². The number of primary sulfonamides is 1. The highest BCUT2D eigenvalue weighted by atomic mass is 32.2. The molecule has 0 radical (unpaired) electrons. The highest BCUT2D eigenvalue weighted by Crippen LogP contribution is 2.40. The third-order valence-electron chi connectivity index (χ3n) is 5.63. The highest BCUT2D eigenvalue weighted by molar-refractivity contribution is 7.89. The standard InChI is InChI=1S/C23H31N3O7S/c1-30-20-11-15(12-21(31-2)22(20)32-3)19(23(27)26-13-17-5-4-10-33-17)14-25-16-6-8-18(9-7-16)34(24,28)29/h6-9,11-12,17,19,25H,4-5,10,13-14H2,1-3H3,(H,26,27)(H2,24,28,29). The Labute approximate surface area is 199 Å². The first-order valence-corrected chi connectivity index (χ1v) is 12.4. The molecule has 11 heteroatoms. The lowest BCUT2D eigenvalue weighted by Gasteiger charge is -2.22. The van der Waals surface area contributed by atoms with E-state index < -0.39 is 15.9 Å². The third-order valence-corrected chi connectivity index (χ3v) is 6.56. The average molecular weight is 494 g/mol. The van der Waals surface area contributed by atoms with E-state index in [4.69, 9.17) is 24.1 Å². The minimum Gasteiger partial charge on any atom is -0.493 e. The molecule has 1 fully saturated rings. The fourth-order valence-corrected chi connectivity index (χ4v) is 4.31. The average Bonchev–Trinajstić information content (AvgIpc) is 3.35. The number of ether oxygens (including phenoxy) is 4. The minimum absolute atomic E-state index is 0.00301. The van der Waals surface area contributed by atoms with E-state index >= 15 is 0 Å². The number of hydrogen-bond donors (Lipinski definition) is 3. The van der Waals surface area contributed by atoms with Crippen molar-refractivity contribution < 1.29 is 32.2 Å². The molecule has 2 unspecified atom stereocenters. The molecule has 10 nitrogen and oxygen atoms in total. The van der Waals surface area contributed by atoms with Gasteiger partial charge in [0.1, 0.15) is 0 Å². The zero-order valence-corrected chi connectivity index (χ0v) is 20.3. The lowest BCUT2D eigenvalue weighted by atomic mass is 9.96. The van der Waals surface area contributed by atoms with Crippen molar-refractivity contribution in [2.24, 2.45) is 5.14 Å². The molecule has 2 atom stereocenters. The maximum atomic E-state index is 13.2. The Kier molecular flexibility index (Phi) is 8.59. The summed E-state index contributed by atoms with van der Waals surface area (Å²) in [6.07, 6.45) is 1.89. The number of amides is 1. The molecule has 1 amide bonds. The molecule has 186 valence electrons.